The number of benzene rings is 3. The maximum atomic E-state index is 13.4. The molecule has 6 aromatic rings. The van der Waals surface area contributed by atoms with Crippen LogP contribution in [-0.4, -0.2) is 34.2 Å². The molecule has 0 bridgehead atoms. The number of nitrogens with zero attached hydrogens (tertiary/aromatic N) is 7. The lowest BCUT2D eigenvalue weighted by molar-refractivity contribution is 0.817. The van der Waals surface area contributed by atoms with Crippen molar-refractivity contribution in [3.05, 3.63) is 99.8 Å². The lowest BCUT2D eigenvalue weighted by Gasteiger charge is -2.10. The molecule has 0 spiro atoms. The van der Waals surface area contributed by atoms with Gasteiger partial charge in [0.2, 0.25) is 11.7 Å². The Morgan fingerprint density at radius 2 is 1.62 bits per heavy atom. The second kappa shape index (κ2) is 7.82. The summed E-state index contributed by atoms with van der Waals surface area (Å²) in [5, 5.41) is 16.7. The van der Waals surface area contributed by atoms with E-state index in [4.69, 9.17) is 16.6 Å². The first-order valence-electron chi connectivity index (χ1n) is 10.5. The van der Waals surface area contributed by atoms with E-state index >= 15 is 0 Å². The quantitative estimate of drug-likeness (QED) is 0.414. The lowest BCUT2D eigenvalue weighted by atomic mass is 10.2. The Morgan fingerprint density at radius 1 is 0.882 bits per heavy atom. The number of rotatable bonds is 4. The molecule has 0 aliphatic carbocycles. The number of hydrogen-bond acceptors (Lipinski definition) is 6. The molecule has 1 N–H and O–H groups in total. The second-order valence-corrected chi connectivity index (χ2v) is 8.20. The maximum Gasteiger partial charge on any atom is 0.306 e. The molecule has 0 amide bonds. The Balaban J connectivity index is 1.63. The van der Waals surface area contributed by atoms with Crippen LogP contribution < -0.4 is 10.9 Å². The third-order valence-electron chi connectivity index (χ3n) is 5.44. The fourth-order valence-electron chi connectivity index (χ4n) is 3.74. The van der Waals surface area contributed by atoms with Gasteiger partial charge in [0.1, 0.15) is 0 Å². The Hall–Kier alpha value is -4.50. The van der Waals surface area contributed by atoms with Crippen LogP contribution in [0.15, 0.2) is 83.7 Å². The molecular formula is C24H17ClN8O. The highest BCUT2D eigenvalue weighted by atomic mass is 35.5. The number of aryl methyl sites for hydroxylation is 1. The first-order chi connectivity index (χ1) is 16.6. The highest BCUT2D eigenvalue weighted by molar-refractivity contribution is 6.30. The molecule has 3 aromatic carbocycles. The van der Waals surface area contributed by atoms with Gasteiger partial charge in [-0.2, -0.15) is 14.2 Å². The average Bonchev–Trinajstić information content (AvgIpc) is 3.44. The molecular weight excluding hydrogens is 452 g/mol. The van der Waals surface area contributed by atoms with Crippen molar-refractivity contribution < 1.29 is 0 Å². The first kappa shape index (κ1) is 20.1. The van der Waals surface area contributed by atoms with E-state index in [0.29, 0.717) is 22.4 Å². The van der Waals surface area contributed by atoms with Gasteiger partial charge in [0.15, 0.2) is 11.2 Å². The van der Waals surface area contributed by atoms with Gasteiger partial charge in [-0.1, -0.05) is 52.7 Å². The Morgan fingerprint density at radius 3 is 2.35 bits per heavy atom. The van der Waals surface area contributed by atoms with Gasteiger partial charge >= 0.3 is 5.56 Å². The van der Waals surface area contributed by atoms with E-state index < -0.39 is 5.56 Å². The molecule has 0 saturated heterocycles. The SMILES string of the molecule is Cc1ccc(Nc2nn3c(=O)c4nnn(-c5ccccc5)c4nc3n2-c2ccc(Cl)cc2)cc1. The summed E-state index contributed by atoms with van der Waals surface area (Å²) in [6, 6.07) is 24.5. The van der Waals surface area contributed by atoms with Crippen LogP contribution in [0.25, 0.3) is 28.3 Å². The van der Waals surface area contributed by atoms with Crippen molar-refractivity contribution in [1.29, 1.82) is 0 Å². The van der Waals surface area contributed by atoms with Crippen molar-refractivity contribution in [2.75, 3.05) is 5.32 Å². The van der Waals surface area contributed by atoms with Crippen molar-refractivity contribution in [1.82, 2.24) is 34.2 Å². The predicted molar refractivity (Wildman–Crippen MR) is 130 cm³/mol. The molecule has 0 aliphatic heterocycles. The zero-order chi connectivity index (χ0) is 23.2. The number of aromatic nitrogens is 7. The van der Waals surface area contributed by atoms with E-state index in [1.54, 1.807) is 21.4 Å². The van der Waals surface area contributed by atoms with Crippen LogP contribution in [0, 0.1) is 6.92 Å². The monoisotopic (exact) mass is 468 g/mol. The van der Waals surface area contributed by atoms with Gasteiger partial charge in [-0.05, 0) is 55.5 Å². The minimum Gasteiger partial charge on any atom is -0.324 e. The van der Waals surface area contributed by atoms with E-state index in [1.165, 1.54) is 4.52 Å². The van der Waals surface area contributed by atoms with E-state index in [2.05, 4.69) is 20.7 Å². The van der Waals surface area contributed by atoms with Crippen LogP contribution >= 0.6 is 11.6 Å². The molecule has 166 valence electrons. The maximum absolute atomic E-state index is 13.4. The fraction of sp³-hybridized carbons (Fsp3) is 0.0417. The van der Waals surface area contributed by atoms with E-state index in [0.717, 1.165) is 22.6 Å². The Bertz CT molecular complexity index is 1700. The van der Waals surface area contributed by atoms with Gasteiger partial charge < -0.3 is 5.32 Å². The van der Waals surface area contributed by atoms with Crippen molar-refractivity contribution in [3.63, 3.8) is 0 Å². The molecule has 0 radical (unpaired) electrons. The standard InChI is InChI=1S/C24H17ClN8O/c1-15-7-11-17(12-8-15)26-23-29-33-22(34)20-21(32(30-28-20)19-5-3-2-4-6-19)27-24(33)31(23)18-13-9-16(25)10-14-18/h2-14H,1H3,(H,26,29). The van der Waals surface area contributed by atoms with Crippen molar-refractivity contribution in [2.24, 2.45) is 0 Å². The predicted octanol–water partition coefficient (Wildman–Crippen LogP) is 4.32. The molecule has 0 fully saturated rings. The summed E-state index contributed by atoms with van der Waals surface area (Å²) < 4.78 is 4.54. The Labute approximate surface area is 197 Å². The summed E-state index contributed by atoms with van der Waals surface area (Å²) in [5.41, 5.74) is 3.49. The normalized spacial score (nSPS) is 11.4. The summed E-state index contributed by atoms with van der Waals surface area (Å²) in [6.07, 6.45) is 0. The lowest BCUT2D eigenvalue weighted by Crippen LogP contribution is -2.17. The van der Waals surface area contributed by atoms with Gasteiger partial charge in [-0.25, -0.2) is 4.57 Å². The first-order valence-corrected chi connectivity index (χ1v) is 10.9. The average molecular weight is 469 g/mol. The summed E-state index contributed by atoms with van der Waals surface area (Å²) in [6.45, 7) is 2.02. The summed E-state index contributed by atoms with van der Waals surface area (Å²) in [5.74, 6) is 0.733. The third kappa shape index (κ3) is 3.30. The fourth-order valence-corrected chi connectivity index (χ4v) is 3.86. The zero-order valence-electron chi connectivity index (χ0n) is 17.9. The van der Waals surface area contributed by atoms with Crippen molar-refractivity contribution in [2.45, 2.75) is 6.92 Å². The molecule has 34 heavy (non-hydrogen) atoms. The highest BCUT2D eigenvalue weighted by Gasteiger charge is 2.21. The van der Waals surface area contributed by atoms with Gasteiger partial charge in [-0.15, -0.1) is 10.2 Å². The molecule has 9 nitrogen and oxygen atoms in total. The molecule has 3 aromatic heterocycles. The summed E-state index contributed by atoms with van der Waals surface area (Å²) >= 11 is 6.12. The molecule has 3 heterocycles. The second-order valence-electron chi connectivity index (χ2n) is 7.76. The number of fused-ring (bicyclic) bond motifs is 2. The van der Waals surface area contributed by atoms with Crippen LogP contribution in [0.1, 0.15) is 5.56 Å². The van der Waals surface area contributed by atoms with Gasteiger partial charge in [0.05, 0.1) is 11.4 Å². The smallest absolute Gasteiger partial charge is 0.306 e. The number of hydrogen-bond donors (Lipinski definition) is 1. The molecule has 0 unspecified atom stereocenters. The number of nitrogens with one attached hydrogen (secondary N) is 1. The van der Waals surface area contributed by atoms with E-state index in [-0.39, 0.29) is 5.52 Å². The minimum absolute atomic E-state index is 0.129. The van der Waals surface area contributed by atoms with Gasteiger partial charge in [0.25, 0.3) is 0 Å². The van der Waals surface area contributed by atoms with Crippen molar-refractivity contribution >= 4 is 40.2 Å². The van der Waals surface area contributed by atoms with Crippen LogP contribution in [0.5, 0.6) is 0 Å². The highest BCUT2D eigenvalue weighted by Crippen LogP contribution is 2.24. The minimum atomic E-state index is -0.415. The number of halogens is 1. The number of anilines is 2. The largest absolute Gasteiger partial charge is 0.324 e. The van der Waals surface area contributed by atoms with Gasteiger partial charge in [-0.3, -0.25) is 4.79 Å². The summed E-state index contributed by atoms with van der Waals surface area (Å²) in [4.78, 5) is 18.1. The molecule has 6 rings (SSSR count). The molecule has 0 saturated carbocycles. The molecule has 10 heteroatoms. The van der Waals surface area contributed by atoms with Crippen molar-refractivity contribution in [3.8, 4) is 11.4 Å². The van der Waals surface area contributed by atoms with Crippen LogP contribution in [0.2, 0.25) is 5.02 Å². The van der Waals surface area contributed by atoms with Crippen LogP contribution in [0.4, 0.5) is 11.6 Å². The third-order valence-corrected chi connectivity index (χ3v) is 5.69. The summed E-state index contributed by atoms with van der Waals surface area (Å²) in [7, 11) is 0. The van der Waals surface area contributed by atoms with Crippen LogP contribution in [0.3, 0.4) is 0 Å². The zero-order valence-corrected chi connectivity index (χ0v) is 18.7. The molecule has 0 aliphatic rings. The van der Waals surface area contributed by atoms with E-state index in [1.807, 2.05) is 73.7 Å². The Kier molecular flexibility index (Phi) is 4.63. The van der Waals surface area contributed by atoms with Crippen LogP contribution in [-0.2, 0) is 0 Å². The topological polar surface area (TPSA) is 94.9 Å². The van der Waals surface area contributed by atoms with E-state index in [9.17, 15) is 4.79 Å². The molecule has 0 atom stereocenters. The number of para-hydroxylation sites is 1. The van der Waals surface area contributed by atoms with Gasteiger partial charge in [0, 0.05) is 10.7 Å².